The zero-order valence-corrected chi connectivity index (χ0v) is 10.5. The molecular formula is C12H19N5. The third-order valence-corrected chi connectivity index (χ3v) is 3.17. The van der Waals surface area contributed by atoms with Crippen LogP contribution in [0.1, 0.15) is 31.9 Å². The van der Waals surface area contributed by atoms with E-state index in [0.717, 1.165) is 30.3 Å². The third kappa shape index (κ3) is 2.21. The molecular weight excluding hydrogens is 214 g/mol. The minimum Gasteiger partial charge on any atom is -0.394 e. The van der Waals surface area contributed by atoms with Crippen LogP contribution in [0.5, 0.6) is 0 Å². The molecule has 2 N–H and O–H groups in total. The van der Waals surface area contributed by atoms with Crippen LogP contribution in [-0.4, -0.2) is 22.4 Å². The van der Waals surface area contributed by atoms with Gasteiger partial charge in [0.05, 0.1) is 23.9 Å². The van der Waals surface area contributed by atoms with E-state index in [2.05, 4.69) is 23.0 Å². The van der Waals surface area contributed by atoms with Crippen molar-refractivity contribution in [1.82, 2.24) is 9.78 Å². The van der Waals surface area contributed by atoms with Crippen molar-refractivity contribution in [2.75, 3.05) is 17.2 Å². The monoisotopic (exact) mass is 233 g/mol. The SMILES string of the molecule is CCn1nc(C)c(N)c1N(CCC#N)C1CC1. The summed E-state index contributed by atoms with van der Waals surface area (Å²) in [5, 5.41) is 13.2. The first kappa shape index (κ1) is 11.8. The van der Waals surface area contributed by atoms with Crippen LogP contribution in [0, 0.1) is 18.3 Å². The van der Waals surface area contributed by atoms with Crippen molar-refractivity contribution < 1.29 is 0 Å². The summed E-state index contributed by atoms with van der Waals surface area (Å²) in [7, 11) is 0. The second kappa shape index (κ2) is 4.66. The van der Waals surface area contributed by atoms with Gasteiger partial charge >= 0.3 is 0 Å². The van der Waals surface area contributed by atoms with E-state index in [4.69, 9.17) is 11.0 Å². The molecule has 1 aromatic heterocycles. The van der Waals surface area contributed by atoms with E-state index in [1.165, 1.54) is 12.8 Å². The number of aryl methyl sites for hydroxylation is 2. The lowest BCUT2D eigenvalue weighted by atomic mass is 10.3. The van der Waals surface area contributed by atoms with Crippen LogP contribution in [0.4, 0.5) is 11.5 Å². The molecule has 1 aromatic rings. The molecule has 17 heavy (non-hydrogen) atoms. The second-order valence-corrected chi connectivity index (χ2v) is 4.47. The Hall–Kier alpha value is -1.70. The maximum atomic E-state index is 8.73. The molecule has 0 radical (unpaired) electrons. The van der Waals surface area contributed by atoms with Crippen LogP contribution in [-0.2, 0) is 6.54 Å². The first-order valence-electron chi connectivity index (χ1n) is 6.15. The van der Waals surface area contributed by atoms with Gasteiger partial charge in [0.15, 0.2) is 5.82 Å². The lowest BCUT2D eigenvalue weighted by molar-refractivity contribution is 0.626. The molecule has 1 aliphatic carbocycles. The van der Waals surface area contributed by atoms with Gasteiger partial charge < -0.3 is 10.6 Å². The maximum absolute atomic E-state index is 8.73. The predicted octanol–water partition coefficient (Wildman–Crippen LogP) is 1.68. The Balaban J connectivity index is 2.31. The van der Waals surface area contributed by atoms with Gasteiger partial charge in [-0.1, -0.05) is 0 Å². The molecule has 92 valence electrons. The van der Waals surface area contributed by atoms with Crippen molar-refractivity contribution in [3.63, 3.8) is 0 Å². The molecule has 1 heterocycles. The first-order valence-corrected chi connectivity index (χ1v) is 6.15. The van der Waals surface area contributed by atoms with Crippen LogP contribution in [0.15, 0.2) is 0 Å². The van der Waals surface area contributed by atoms with Gasteiger partial charge in [-0.05, 0) is 26.7 Å². The molecule has 0 unspecified atom stereocenters. The Kier molecular flexibility index (Phi) is 3.23. The normalized spacial score (nSPS) is 14.6. The fraction of sp³-hybridized carbons (Fsp3) is 0.667. The minimum absolute atomic E-state index is 0.532. The summed E-state index contributed by atoms with van der Waals surface area (Å²) in [6.45, 7) is 5.55. The van der Waals surface area contributed by atoms with Gasteiger partial charge in [0.25, 0.3) is 0 Å². The van der Waals surface area contributed by atoms with Crippen LogP contribution in [0.3, 0.4) is 0 Å². The first-order chi connectivity index (χ1) is 8.19. The van der Waals surface area contributed by atoms with Crippen molar-refractivity contribution in [2.45, 2.75) is 45.7 Å². The van der Waals surface area contributed by atoms with E-state index in [0.29, 0.717) is 12.5 Å². The van der Waals surface area contributed by atoms with Gasteiger partial charge in [-0.3, -0.25) is 0 Å². The second-order valence-electron chi connectivity index (χ2n) is 4.47. The number of aromatic nitrogens is 2. The molecule has 0 spiro atoms. The van der Waals surface area contributed by atoms with Gasteiger partial charge in [0.2, 0.25) is 0 Å². The highest BCUT2D eigenvalue weighted by atomic mass is 15.4. The summed E-state index contributed by atoms with van der Waals surface area (Å²) in [4.78, 5) is 2.25. The van der Waals surface area contributed by atoms with Crippen LogP contribution in [0.2, 0.25) is 0 Å². The molecule has 0 saturated heterocycles. The molecule has 5 nitrogen and oxygen atoms in total. The summed E-state index contributed by atoms with van der Waals surface area (Å²) < 4.78 is 1.94. The van der Waals surface area contributed by atoms with E-state index in [-0.39, 0.29) is 0 Å². The van der Waals surface area contributed by atoms with Crippen molar-refractivity contribution in [2.24, 2.45) is 0 Å². The zero-order chi connectivity index (χ0) is 12.4. The highest BCUT2D eigenvalue weighted by molar-refractivity contribution is 5.67. The molecule has 2 rings (SSSR count). The van der Waals surface area contributed by atoms with Crippen LogP contribution in [0.25, 0.3) is 0 Å². The Bertz CT molecular complexity index is 438. The Labute approximate surface area is 102 Å². The maximum Gasteiger partial charge on any atom is 0.150 e. The molecule has 0 bridgehead atoms. The lowest BCUT2D eigenvalue weighted by Gasteiger charge is -2.24. The van der Waals surface area contributed by atoms with Crippen molar-refractivity contribution in [3.05, 3.63) is 5.69 Å². The molecule has 1 aliphatic rings. The zero-order valence-electron chi connectivity index (χ0n) is 10.5. The van der Waals surface area contributed by atoms with E-state index in [1.807, 2.05) is 11.6 Å². The summed E-state index contributed by atoms with van der Waals surface area (Å²) in [6.07, 6.45) is 2.92. The molecule has 0 atom stereocenters. The molecule has 1 fully saturated rings. The van der Waals surface area contributed by atoms with Crippen molar-refractivity contribution >= 4 is 11.5 Å². The topological polar surface area (TPSA) is 70.9 Å². The highest BCUT2D eigenvalue weighted by Gasteiger charge is 2.32. The van der Waals surface area contributed by atoms with Crippen molar-refractivity contribution in [3.8, 4) is 6.07 Å². The average molecular weight is 233 g/mol. The molecule has 0 aliphatic heterocycles. The smallest absolute Gasteiger partial charge is 0.150 e. The largest absolute Gasteiger partial charge is 0.394 e. The Morgan fingerprint density at radius 3 is 2.82 bits per heavy atom. The van der Waals surface area contributed by atoms with Crippen LogP contribution < -0.4 is 10.6 Å². The molecule has 1 saturated carbocycles. The van der Waals surface area contributed by atoms with Gasteiger partial charge in [0.1, 0.15) is 0 Å². The predicted molar refractivity (Wildman–Crippen MR) is 67.6 cm³/mol. The third-order valence-electron chi connectivity index (χ3n) is 3.17. The number of anilines is 2. The Morgan fingerprint density at radius 1 is 1.59 bits per heavy atom. The van der Waals surface area contributed by atoms with E-state index >= 15 is 0 Å². The molecule has 0 amide bonds. The number of rotatable bonds is 5. The average Bonchev–Trinajstić information content (AvgIpc) is 3.11. The quantitative estimate of drug-likeness (QED) is 0.839. The van der Waals surface area contributed by atoms with Crippen LogP contribution >= 0.6 is 0 Å². The summed E-state index contributed by atoms with van der Waals surface area (Å²) in [6, 6.07) is 2.75. The van der Waals surface area contributed by atoms with E-state index < -0.39 is 0 Å². The standard InChI is InChI=1S/C12H19N5/c1-3-17-12(11(14)9(2)15-17)16(8-4-7-13)10-5-6-10/h10H,3-6,8,14H2,1-2H3. The fourth-order valence-corrected chi connectivity index (χ4v) is 2.12. The fourth-order valence-electron chi connectivity index (χ4n) is 2.12. The van der Waals surface area contributed by atoms with Gasteiger partial charge in [-0.2, -0.15) is 10.4 Å². The number of hydrogen-bond acceptors (Lipinski definition) is 4. The number of nitrogens with two attached hydrogens (primary N) is 1. The highest BCUT2D eigenvalue weighted by Crippen LogP contribution is 2.36. The number of nitriles is 1. The summed E-state index contributed by atoms with van der Waals surface area (Å²) in [5.74, 6) is 1.00. The van der Waals surface area contributed by atoms with Gasteiger partial charge in [-0.15, -0.1) is 0 Å². The van der Waals surface area contributed by atoms with E-state index in [9.17, 15) is 0 Å². The number of hydrogen-bond donors (Lipinski definition) is 1. The number of nitrogens with zero attached hydrogens (tertiary/aromatic N) is 4. The molecule has 0 aromatic carbocycles. The Morgan fingerprint density at radius 2 is 2.29 bits per heavy atom. The number of nitrogen functional groups attached to an aromatic ring is 1. The summed E-state index contributed by atoms with van der Waals surface area (Å²) >= 11 is 0. The minimum atomic E-state index is 0.532. The molecule has 5 heteroatoms. The lowest BCUT2D eigenvalue weighted by Crippen LogP contribution is -2.29. The van der Waals surface area contributed by atoms with Crippen molar-refractivity contribution in [1.29, 1.82) is 5.26 Å². The summed E-state index contributed by atoms with van der Waals surface area (Å²) in [5.41, 5.74) is 7.75. The van der Waals surface area contributed by atoms with Gasteiger partial charge in [-0.25, -0.2) is 4.68 Å². The van der Waals surface area contributed by atoms with E-state index in [1.54, 1.807) is 0 Å². The van der Waals surface area contributed by atoms with Gasteiger partial charge in [0, 0.05) is 19.1 Å².